The molecular weight excluding hydrogens is 204 g/mol. The molecular formula is C13H12O3. The Hall–Kier alpha value is -2.16. The first-order chi connectivity index (χ1) is 7.84. The lowest BCUT2D eigenvalue weighted by atomic mass is 10.2. The maximum atomic E-state index is 9.08. The van der Waals surface area contributed by atoms with E-state index < -0.39 is 0 Å². The smallest absolute Gasteiger partial charge is 0.281 e. The van der Waals surface area contributed by atoms with Crippen LogP contribution < -0.4 is 0 Å². The molecule has 1 aromatic carbocycles. The highest BCUT2D eigenvalue weighted by Crippen LogP contribution is 2.11. The zero-order valence-corrected chi connectivity index (χ0v) is 8.67. The van der Waals surface area contributed by atoms with Crippen molar-refractivity contribution in [3.05, 3.63) is 72.1 Å². The van der Waals surface area contributed by atoms with Gasteiger partial charge in [-0.05, 0) is 11.6 Å². The molecule has 1 aliphatic heterocycles. The van der Waals surface area contributed by atoms with Crippen LogP contribution in [0.3, 0.4) is 0 Å². The van der Waals surface area contributed by atoms with Crippen molar-refractivity contribution in [2.24, 2.45) is 0 Å². The molecule has 3 nitrogen and oxygen atoms in total. The maximum absolute atomic E-state index is 9.08. The fourth-order valence-electron chi connectivity index (χ4n) is 1.25. The Morgan fingerprint density at radius 3 is 2.81 bits per heavy atom. The largest absolute Gasteiger partial charge is 0.486 e. The van der Waals surface area contributed by atoms with E-state index in [0.29, 0.717) is 12.4 Å². The van der Waals surface area contributed by atoms with Gasteiger partial charge >= 0.3 is 0 Å². The molecule has 1 N–H and O–H groups in total. The highest BCUT2D eigenvalue weighted by Gasteiger charge is 2.00. The molecule has 1 aromatic rings. The van der Waals surface area contributed by atoms with Crippen LogP contribution in [-0.4, -0.2) is 5.11 Å². The van der Waals surface area contributed by atoms with Gasteiger partial charge in [-0.1, -0.05) is 36.4 Å². The second kappa shape index (κ2) is 5.07. The van der Waals surface area contributed by atoms with Crippen LogP contribution >= 0.6 is 0 Å². The van der Waals surface area contributed by atoms with Crippen LogP contribution in [0.25, 0.3) is 0 Å². The van der Waals surface area contributed by atoms with Gasteiger partial charge in [0.1, 0.15) is 12.9 Å². The van der Waals surface area contributed by atoms with E-state index in [-0.39, 0.29) is 5.95 Å². The average molecular weight is 216 g/mol. The standard InChI is InChI=1S/C13H12O3/c14-13-8-4-7-12(10-16-13)15-9-11-5-2-1-3-6-11/h1-8,10,14H,9H2. The highest BCUT2D eigenvalue weighted by atomic mass is 16.6. The Balaban J connectivity index is 1.92. The van der Waals surface area contributed by atoms with Crippen molar-refractivity contribution in [1.82, 2.24) is 0 Å². The number of benzene rings is 1. The van der Waals surface area contributed by atoms with Crippen molar-refractivity contribution < 1.29 is 14.6 Å². The third-order valence-electron chi connectivity index (χ3n) is 2.04. The van der Waals surface area contributed by atoms with E-state index in [2.05, 4.69) is 0 Å². The maximum Gasteiger partial charge on any atom is 0.281 e. The second-order valence-corrected chi connectivity index (χ2v) is 3.28. The Labute approximate surface area is 93.9 Å². The molecule has 3 heteroatoms. The van der Waals surface area contributed by atoms with Crippen LogP contribution in [0.5, 0.6) is 0 Å². The molecule has 0 bridgehead atoms. The predicted molar refractivity (Wildman–Crippen MR) is 60.3 cm³/mol. The summed E-state index contributed by atoms with van der Waals surface area (Å²) in [6.07, 6.45) is 6.22. The van der Waals surface area contributed by atoms with Gasteiger partial charge in [0.05, 0.1) is 0 Å². The minimum Gasteiger partial charge on any atom is -0.486 e. The van der Waals surface area contributed by atoms with E-state index in [1.54, 1.807) is 12.2 Å². The minimum absolute atomic E-state index is 0.144. The number of ether oxygens (including phenoxy) is 2. The van der Waals surface area contributed by atoms with Gasteiger partial charge in [-0.15, -0.1) is 0 Å². The predicted octanol–water partition coefficient (Wildman–Crippen LogP) is 3.03. The van der Waals surface area contributed by atoms with Gasteiger partial charge < -0.3 is 14.6 Å². The fraction of sp³-hybridized carbons (Fsp3) is 0.0769. The zero-order chi connectivity index (χ0) is 11.2. The summed E-state index contributed by atoms with van der Waals surface area (Å²) in [5.74, 6) is 0.429. The molecule has 2 rings (SSSR count). The van der Waals surface area contributed by atoms with Crippen molar-refractivity contribution in [3.8, 4) is 0 Å². The van der Waals surface area contributed by atoms with E-state index in [9.17, 15) is 0 Å². The number of hydrogen-bond donors (Lipinski definition) is 1. The Bertz CT molecular complexity index is 430. The first kappa shape index (κ1) is 10.4. The molecule has 0 spiro atoms. The van der Waals surface area contributed by atoms with Gasteiger partial charge in [-0.2, -0.15) is 0 Å². The highest BCUT2D eigenvalue weighted by molar-refractivity contribution is 5.20. The molecule has 1 heterocycles. The molecule has 0 atom stereocenters. The van der Waals surface area contributed by atoms with Gasteiger partial charge in [-0.25, -0.2) is 0 Å². The molecule has 82 valence electrons. The molecule has 0 aliphatic carbocycles. The number of allylic oxidation sites excluding steroid dienone is 3. The van der Waals surface area contributed by atoms with E-state index in [0.717, 1.165) is 5.56 Å². The zero-order valence-electron chi connectivity index (χ0n) is 8.67. The number of rotatable bonds is 3. The normalized spacial score (nSPS) is 14.5. The van der Waals surface area contributed by atoms with Crippen LogP contribution in [0.1, 0.15) is 5.56 Å². The van der Waals surface area contributed by atoms with Crippen LogP contribution in [0.15, 0.2) is 66.5 Å². The molecule has 0 unspecified atom stereocenters. The van der Waals surface area contributed by atoms with Crippen LogP contribution in [0.2, 0.25) is 0 Å². The van der Waals surface area contributed by atoms with Crippen molar-refractivity contribution >= 4 is 0 Å². The van der Waals surface area contributed by atoms with Gasteiger partial charge in [0.2, 0.25) is 0 Å². The average Bonchev–Trinajstić information content (AvgIpc) is 2.53. The summed E-state index contributed by atoms with van der Waals surface area (Å²) in [6, 6.07) is 9.84. The van der Waals surface area contributed by atoms with Crippen LogP contribution in [-0.2, 0) is 16.1 Å². The van der Waals surface area contributed by atoms with E-state index >= 15 is 0 Å². The number of hydrogen-bond acceptors (Lipinski definition) is 3. The Kier molecular flexibility index (Phi) is 3.28. The van der Waals surface area contributed by atoms with E-state index in [1.165, 1.54) is 12.3 Å². The summed E-state index contributed by atoms with van der Waals surface area (Å²) >= 11 is 0. The monoisotopic (exact) mass is 216 g/mol. The van der Waals surface area contributed by atoms with Crippen molar-refractivity contribution in [2.45, 2.75) is 6.61 Å². The van der Waals surface area contributed by atoms with Gasteiger partial charge in [0, 0.05) is 6.08 Å². The molecule has 0 fully saturated rings. The lowest BCUT2D eigenvalue weighted by molar-refractivity contribution is 0.146. The lowest BCUT2D eigenvalue weighted by Gasteiger charge is -2.06. The van der Waals surface area contributed by atoms with Gasteiger partial charge in [-0.3, -0.25) is 0 Å². The second-order valence-electron chi connectivity index (χ2n) is 3.28. The Morgan fingerprint density at radius 2 is 2.00 bits per heavy atom. The Morgan fingerprint density at radius 1 is 1.19 bits per heavy atom. The topological polar surface area (TPSA) is 38.7 Å². The minimum atomic E-state index is -0.144. The van der Waals surface area contributed by atoms with Crippen molar-refractivity contribution in [3.63, 3.8) is 0 Å². The molecule has 0 saturated carbocycles. The summed E-state index contributed by atoms with van der Waals surface area (Å²) in [4.78, 5) is 0. The summed E-state index contributed by atoms with van der Waals surface area (Å²) in [5, 5.41) is 9.08. The van der Waals surface area contributed by atoms with Crippen molar-refractivity contribution in [1.29, 1.82) is 0 Å². The van der Waals surface area contributed by atoms with Crippen LogP contribution in [0, 0.1) is 0 Å². The quantitative estimate of drug-likeness (QED) is 0.844. The molecule has 0 aromatic heterocycles. The first-order valence-electron chi connectivity index (χ1n) is 4.95. The molecule has 1 aliphatic rings. The van der Waals surface area contributed by atoms with Crippen LogP contribution in [0.4, 0.5) is 0 Å². The van der Waals surface area contributed by atoms with Gasteiger partial charge in [0.25, 0.3) is 5.95 Å². The van der Waals surface area contributed by atoms with E-state index in [4.69, 9.17) is 14.6 Å². The first-order valence-corrected chi connectivity index (χ1v) is 4.95. The number of aliphatic hydroxyl groups excluding tert-OH is 1. The molecule has 0 saturated heterocycles. The molecule has 0 radical (unpaired) electrons. The third kappa shape index (κ3) is 2.92. The lowest BCUT2D eigenvalue weighted by Crippen LogP contribution is -1.92. The molecule has 0 amide bonds. The fourth-order valence-corrected chi connectivity index (χ4v) is 1.25. The number of aliphatic hydroxyl groups is 1. The summed E-state index contributed by atoms with van der Waals surface area (Å²) in [5.41, 5.74) is 1.08. The summed E-state index contributed by atoms with van der Waals surface area (Å²) in [6.45, 7) is 0.473. The SMILES string of the molecule is OC1=CC=CC(OCc2ccccc2)=CO1. The van der Waals surface area contributed by atoms with Gasteiger partial charge in [0.15, 0.2) is 5.76 Å². The third-order valence-corrected chi connectivity index (χ3v) is 2.04. The van der Waals surface area contributed by atoms with E-state index in [1.807, 2.05) is 30.3 Å². The summed E-state index contributed by atoms with van der Waals surface area (Å²) in [7, 11) is 0. The molecule has 16 heavy (non-hydrogen) atoms. The summed E-state index contributed by atoms with van der Waals surface area (Å²) < 4.78 is 10.4. The van der Waals surface area contributed by atoms with Crippen molar-refractivity contribution in [2.75, 3.05) is 0 Å².